The third-order valence-electron chi connectivity index (χ3n) is 5.37. The lowest BCUT2D eigenvalue weighted by Gasteiger charge is -2.36. The molecule has 0 unspecified atom stereocenters. The van der Waals surface area contributed by atoms with E-state index in [1.807, 2.05) is 0 Å². The van der Waals surface area contributed by atoms with Crippen molar-refractivity contribution in [1.82, 2.24) is 14.0 Å². The lowest BCUT2D eigenvalue weighted by atomic mass is 10.1. The SMILES string of the molecule is CN(C)c1ccccc1CCN1CCN(c2cc(=O)n(C)c(=O)n2C)CC1. The Labute approximate surface area is 160 Å². The van der Waals surface area contributed by atoms with Gasteiger partial charge < -0.3 is 9.80 Å². The number of hydrogen-bond donors (Lipinski definition) is 0. The van der Waals surface area contributed by atoms with Gasteiger partial charge in [0.25, 0.3) is 5.56 Å². The van der Waals surface area contributed by atoms with Crippen LogP contribution in [0.2, 0.25) is 0 Å². The quantitative estimate of drug-likeness (QED) is 0.767. The molecule has 7 heteroatoms. The average molecular weight is 371 g/mol. The van der Waals surface area contributed by atoms with Crippen LogP contribution in [0.1, 0.15) is 5.56 Å². The molecule has 1 aliphatic rings. The van der Waals surface area contributed by atoms with Crippen LogP contribution in [0.5, 0.6) is 0 Å². The number of piperazine rings is 1. The maximum atomic E-state index is 12.1. The molecule has 0 amide bonds. The second-order valence-corrected chi connectivity index (χ2v) is 7.34. The highest BCUT2D eigenvalue weighted by Crippen LogP contribution is 2.19. The molecule has 1 fully saturated rings. The van der Waals surface area contributed by atoms with Crippen LogP contribution in [0.25, 0.3) is 0 Å². The Kier molecular flexibility index (Phi) is 5.70. The maximum absolute atomic E-state index is 12.1. The van der Waals surface area contributed by atoms with E-state index in [-0.39, 0.29) is 11.2 Å². The Balaban J connectivity index is 1.62. The van der Waals surface area contributed by atoms with E-state index < -0.39 is 0 Å². The topological polar surface area (TPSA) is 53.7 Å². The summed E-state index contributed by atoms with van der Waals surface area (Å²) in [6, 6.07) is 10.1. The predicted molar refractivity (Wildman–Crippen MR) is 110 cm³/mol. The highest BCUT2D eigenvalue weighted by molar-refractivity contribution is 5.52. The molecule has 1 saturated heterocycles. The van der Waals surface area contributed by atoms with Crippen molar-refractivity contribution in [3.05, 3.63) is 56.7 Å². The van der Waals surface area contributed by atoms with Crippen molar-refractivity contribution in [1.29, 1.82) is 0 Å². The van der Waals surface area contributed by atoms with Crippen LogP contribution in [0, 0.1) is 0 Å². The number of hydrogen-bond acceptors (Lipinski definition) is 5. The minimum atomic E-state index is -0.278. The first-order chi connectivity index (χ1) is 12.9. The fourth-order valence-electron chi connectivity index (χ4n) is 3.66. The molecule has 1 aromatic carbocycles. The summed E-state index contributed by atoms with van der Waals surface area (Å²) in [7, 11) is 7.39. The molecular weight excluding hydrogens is 342 g/mol. The molecule has 0 atom stereocenters. The van der Waals surface area contributed by atoms with Gasteiger partial charge in [-0.3, -0.25) is 18.8 Å². The van der Waals surface area contributed by atoms with Gasteiger partial charge in [0.05, 0.1) is 0 Å². The monoisotopic (exact) mass is 371 g/mol. The zero-order valence-electron chi connectivity index (χ0n) is 16.7. The summed E-state index contributed by atoms with van der Waals surface area (Å²) in [5.74, 6) is 0.709. The van der Waals surface area contributed by atoms with E-state index in [4.69, 9.17) is 0 Å². The minimum absolute atomic E-state index is 0.254. The predicted octanol–water partition coefficient (Wildman–Crippen LogP) is 0.515. The summed E-state index contributed by atoms with van der Waals surface area (Å²) < 4.78 is 2.70. The van der Waals surface area contributed by atoms with Gasteiger partial charge in [-0.15, -0.1) is 0 Å². The molecule has 1 aliphatic heterocycles. The Morgan fingerprint density at radius 1 is 0.963 bits per heavy atom. The van der Waals surface area contributed by atoms with Gasteiger partial charge >= 0.3 is 5.69 Å². The van der Waals surface area contributed by atoms with Crippen molar-refractivity contribution in [3.8, 4) is 0 Å². The molecule has 0 saturated carbocycles. The molecule has 0 spiro atoms. The van der Waals surface area contributed by atoms with Gasteiger partial charge in [-0.2, -0.15) is 0 Å². The summed E-state index contributed by atoms with van der Waals surface area (Å²) in [5, 5.41) is 0. The normalized spacial score (nSPS) is 15.2. The summed E-state index contributed by atoms with van der Waals surface area (Å²) in [6.45, 7) is 4.49. The largest absolute Gasteiger partial charge is 0.377 e. The summed E-state index contributed by atoms with van der Waals surface area (Å²) >= 11 is 0. The van der Waals surface area contributed by atoms with Gasteiger partial charge in [0.15, 0.2) is 0 Å². The molecule has 2 aromatic rings. The number of benzene rings is 1. The first-order valence-electron chi connectivity index (χ1n) is 9.38. The summed E-state index contributed by atoms with van der Waals surface area (Å²) in [4.78, 5) is 30.9. The van der Waals surface area contributed by atoms with E-state index in [2.05, 4.69) is 53.1 Å². The van der Waals surface area contributed by atoms with Gasteiger partial charge in [0.1, 0.15) is 5.82 Å². The van der Waals surface area contributed by atoms with E-state index in [9.17, 15) is 9.59 Å². The Bertz CT molecular complexity index is 907. The Morgan fingerprint density at radius 3 is 2.30 bits per heavy atom. The third kappa shape index (κ3) is 4.08. The molecule has 1 aromatic heterocycles. The molecule has 0 bridgehead atoms. The van der Waals surface area contributed by atoms with Crippen LogP contribution in [-0.4, -0.2) is 60.9 Å². The molecule has 2 heterocycles. The van der Waals surface area contributed by atoms with Gasteiger partial charge in [0.2, 0.25) is 0 Å². The fraction of sp³-hybridized carbons (Fsp3) is 0.500. The highest BCUT2D eigenvalue weighted by Gasteiger charge is 2.20. The van der Waals surface area contributed by atoms with Crippen LogP contribution in [-0.2, 0) is 20.5 Å². The van der Waals surface area contributed by atoms with Crippen molar-refractivity contribution in [3.63, 3.8) is 0 Å². The molecule has 3 rings (SSSR count). The van der Waals surface area contributed by atoms with Gasteiger partial charge in [0, 0.05) is 72.7 Å². The zero-order chi connectivity index (χ0) is 19.6. The van der Waals surface area contributed by atoms with E-state index in [0.29, 0.717) is 5.82 Å². The van der Waals surface area contributed by atoms with E-state index in [1.165, 1.54) is 18.3 Å². The van der Waals surface area contributed by atoms with Crippen LogP contribution >= 0.6 is 0 Å². The number of rotatable bonds is 5. The minimum Gasteiger partial charge on any atom is -0.377 e. The number of nitrogens with zero attached hydrogens (tertiary/aromatic N) is 5. The lowest BCUT2D eigenvalue weighted by Crippen LogP contribution is -2.49. The van der Waals surface area contributed by atoms with Crippen molar-refractivity contribution in [2.45, 2.75) is 6.42 Å². The van der Waals surface area contributed by atoms with E-state index in [1.54, 1.807) is 17.7 Å². The molecule has 0 radical (unpaired) electrons. The molecule has 7 nitrogen and oxygen atoms in total. The van der Waals surface area contributed by atoms with E-state index in [0.717, 1.165) is 43.7 Å². The van der Waals surface area contributed by atoms with E-state index >= 15 is 0 Å². The van der Waals surface area contributed by atoms with Gasteiger partial charge in [-0.25, -0.2) is 4.79 Å². The Hall–Kier alpha value is -2.54. The fourth-order valence-corrected chi connectivity index (χ4v) is 3.66. The highest BCUT2D eigenvalue weighted by atomic mass is 16.2. The maximum Gasteiger partial charge on any atom is 0.332 e. The number of anilines is 2. The molecule has 0 N–H and O–H groups in total. The van der Waals surface area contributed by atoms with Crippen LogP contribution < -0.4 is 21.0 Å². The van der Waals surface area contributed by atoms with Crippen LogP contribution in [0.4, 0.5) is 11.5 Å². The molecule has 27 heavy (non-hydrogen) atoms. The second kappa shape index (κ2) is 8.00. The zero-order valence-corrected chi connectivity index (χ0v) is 16.7. The third-order valence-corrected chi connectivity index (χ3v) is 5.37. The first kappa shape index (κ1) is 19.2. The molecule has 0 aliphatic carbocycles. The van der Waals surface area contributed by atoms with Crippen LogP contribution in [0.15, 0.2) is 39.9 Å². The van der Waals surface area contributed by atoms with Gasteiger partial charge in [-0.05, 0) is 18.1 Å². The van der Waals surface area contributed by atoms with Crippen molar-refractivity contribution in [2.24, 2.45) is 14.1 Å². The Morgan fingerprint density at radius 2 is 1.63 bits per heavy atom. The van der Waals surface area contributed by atoms with Crippen molar-refractivity contribution < 1.29 is 0 Å². The smallest absolute Gasteiger partial charge is 0.332 e. The molecule has 146 valence electrons. The van der Waals surface area contributed by atoms with Crippen molar-refractivity contribution in [2.75, 3.05) is 56.6 Å². The molecular formula is C20H29N5O2. The average Bonchev–Trinajstić information content (AvgIpc) is 2.68. The summed E-state index contributed by atoms with van der Waals surface area (Å²) in [5.41, 5.74) is 2.10. The van der Waals surface area contributed by atoms with Crippen LogP contribution in [0.3, 0.4) is 0 Å². The number of para-hydroxylation sites is 1. The lowest BCUT2D eigenvalue weighted by molar-refractivity contribution is 0.259. The van der Waals surface area contributed by atoms with Gasteiger partial charge in [-0.1, -0.05) is 18.2 Å². The summed E-state index contributed by atoms with van der Waals surface area (Å²) in [6.07, 6.45) is 1.01. The van der Waals surface area contributed by atoms with Crippen molar-refractivity contribution >= 4 is 11.5 Å². The second-order valence-electron chi connectivity index (χ2n) is 7.34. The number of aromatic nitrogens is 2. The standard InChI is InChI=1S/C20H29N5O2/c1-21(2)17-8-6-5-7-16(17)9-10-24-11-13-25(14-12-24)18-15-19(26)23(4)20(27)22(18)3/h5-8,15H,9-14H2,1-4H3. The first-order valence-corrected chi connectivity index (χ1v) is 9.38.